The maximum absolute atomic E-state index is 9.87. The lowest BCUT2D eigenvalue weighted by atomic mass is 10.1. The van der Waals surface area contributed by atoms with Crippen LogP contribution in [0.25, 0.3) is 0 Å². The van der Waals surface area contributed by atoms with Gasteiger partial charge < -0.3 is 15.3 Å². The van der Waals surface area contributed by atoms with Crippen molar-refractivity contribution >= 4 is 5.69 Å². The van der Waals surface area contributed by atoms with Gasteiger partial charge in [0.05, 0.1) is 6.10 Å². The van der Waals surface area contributed by atoms with Crippen molar-refractivity contribution in [1.29, 1.82) is 0 Å². The first-order chi connectivity index (χ1) is 8.06. The molecule has 1 aromatic rings. The average molecular weight is 234 g/mol. The molecule has 3 nitrogen and oxygen atoms in total. The highest BCUT2D eigenvalue weighted by Crippen LogP contribution is 2.22. The zero-order valence-corrected chi connectivity index (χ0v) is 10.9. The molecule has 1 fully saturated rings. The van der Waals surface area contributed by atoms with Crippen molar-refractivity contribution in [2.75, 3.05) is 24.5 Å². The second kappa shape index (κ2) is 5.07. The zero-order valence-electron chi connectivity index (χ0n) is 10.9. The number of aliphatic hydroxyl groups excluding tert-OH is 1. The average Bonchev–Trinajstić information content (AvgIpc) is 2.39. The molecule has 1 aliphatic heterocycles. The predicted octanol–water partition coefficient (Wildman–Crippen LogP) is 1.46. The maximum atomic E-state index is 9.87. The summed E-state index contributed by atoms with van der Waals surface area (Å²) in [6.07, 6.45) is -0.291. The Morgan fingerprint density at radius 3 is 2.47 bits per heavy atom. The van der Waals surface area contributed by atoms with Crippen LogP contribution in [0.4, 0.5) is 5.69 Å². The van der Waals surface area contributed by atoms with Crippen LogP contribution in [0.5, 0.6) is 0 Å². The number of hydrogen-bond donors (Lipinski definition) is 2. The van der Waals surface area contributed by atoms with Gasteiger partial charge in [0.25, 0.3) is 0 Å². The molecule has 1 aromatic carbocycles. The summed E-state index contributed by atoms with van der Waals surface area (Å²) in [7, 11) is 0. The van der Waals surface area contributed by atoms with Gasteiger partial charge in [-0.05, 0) is 44.0 Å². The van der Waals surface area contributed by atoms with Crippen LogP contribution in [0.15, 0.2) is 18.2 Å². The van der Waals surface area contributed by atoms with Gasteiger partial charge in [-0.2, -0.15) is 0 Å². The number of benzene rings is 1. The van der Waals surface area contributed by atoms with Gasteiger partial charge in [-0.1, -0.05) is 6.07 Å². The minimum atomic E-state index is -0.291. The Morgan fingerprint density at radius 1 is 1.18 bits per heavy atom. The predicted molar refractivity (Wildman–Crippen MR) is 71.6 cm³/mol. The Bertz CT molecular complexity index is 372. The van der Waals surface area contributed by atoms with Gasteiger partial charge in [-0.25, -0.2) is 0 Å². The fourth-order valence-electron chi connectivity index (χ4n) is 2.52. The highest BCUT2D eigenvalue weighted by Gasteiger charge is 2.21. The molecule has 1 aliphatic rings. The Kier molecular flexibility index (Phi) is 3.69. The topological polar surface area (TPSA) is 35.5 Å². The molecular formula is C14H22N2O. The van der Waals surface area contributed by atoms with E-state index < -0.39 is 0 Å². The van der Waals surface area contributed by atoms with Gasteiger partial charge >= 0.3 is 0 Å². The van der Waals surface area contributed by atoms with E-state index in [9.17, 15) is 5.11 Å². The molecule has 0 amide bonds. The Morgan fingerprint density at radius 2 is 1.82 bits per heavy atom. The first-order valence-electron chi connectivity index (χ1n) is 6.30. The lowest BCUT2D eigenvalue weighted by Crippen LogP contribution is -2.39. The second-order valence-corrected chi connectivity index (χ2v) is 5.16. The molecule has 2 unspecified atom stereocenters. The van der Waals surface area contributed by atoms with Crippen molar-refractivity contribution in [1.82, 2.24) is 5.32 Å². The Balaban J connectivity index is 2.28. The van der Waals surface area contributed by atoms with Gasteiger partial charge in [-0.15, -0.1) is 0 Å². The van der Waals surface area contributed by atoms with Crippen molar-refractivity contribution in [2.24, 2.45) is 0 Å². The van der Waals surface area contributed by atoms with E-state index in [2.05, 4.69) is 49.2 Å². The number of aliphatic hydroxyl groups is 1. The monoisotopic (exact) mass is 234 g/mol. The Hall–Kier alpha value is -1.06. The molecule has 0 radical (unpaired) electrons. The van der Waals surface area contributed by atoms with Gasteiger partial charge in [-0.3, -0.25) is 0 Å². The second-order valence-electron chi connectivity index (χ2n) is 5.16. The normalized spacial score (nSPS) is 25.8. The summed E-state index contributed by atoms with van der Waals surface area (Å²) < 4.78 is 0. The molecule has 1 heterocycles. The fraction of sp³-hybridized carbons (Fsp3) is 0.571. The molecular weight excluding hydrogens is 212 g/mol. The van der Waals surface area contributed by atoms with E-state index in [-0.39, 0.29) is 6.10 Å². The van der Waals surface area contributed by atoms with E-state index in [4.69, 9.17) is 0 Å². The van der Waals surface area contributed by atoms with Gasteiger partial charge in [0.2, 0.25) is 0 Å². The van der Waals surface area contributed by atoms with Crippen molar-refractivity contribution in [2.45, 2.75) is 32.9 Å². The van der Waals surface area contributed by atoms with Crippen LogP contribution in [0.1, 0.15) is 18.1 Å². The molecule has 17 heavy (non-hydrogen) atoms. The van der Waals surface area contributed by atoms with Gasteiger partial charge in [0.1, 0.15) is 0 Å². The number of aryl methyl sites for hydroxylation is 2. The Labute approximate surface area is 103 Å². The van der Waals surface area contributed by atoms with Crippen molar-refractivity contribution in [3.8, 4) is 0 Å². The third-order valence-corrected chi connectivity index (χ3v) is 3.30. The first-order valence-corrected chi connectivity index (χ1v) is 6.30. The summed E-state index contributed by atoms with van der Waals surface area (Å²) in [6, 6.07) is 6.98. The van der Waals surface area contributed by atoms with Crippen LogP contribution >= 0.6 is 0 Å². The first kappa shape index (κ1) is 12.4. The summed E-state index contributed by atoms with van der Waals surface area (Å²) >= 11 is 0. The van der Waals surface area contributed by atoms with Crippen LogP contribution in [-0.4, -0.2) is 36.9 Å². The summed E-state index contributed by atoms with van der Waals surface area (Å²) in [5.74, 6) is 0. The minimum Gasteiger partial charge on any atom is -0.390 e. The highest BCUT2D eigenvalue weighted by molar-refractivity contribution is 5.52. The minimum absolute atomic E-state index is 0.291. The number of nitrogens with zero attached hydrogens (tertiary/aromatic N) is 1. The molecule has 94 valence electrons. The number of anilines is 1. The maximum Gasteiger partial charge on any atom is 0.0839 e. The fourth-order valence-corrected chi connectivity index (χ4v) is 2.52. The molecule has 3 heteroatoms. The van der Waals surface area contributed by atoms with Gasteiger partial charge in [0.15, 0.2) is 0 Å². The smallest absolute Gasteiger partial charge is 0.0839 e. The highest BCUT2D eigenvalue weighted by atomic mass is 16.3. The van der Waals surface area contributed by atoms with Crippen LogP contribution in [0, 0.1) is 13.8 Å². The summed E-state index contributed by atoms with van der Waals surface area (Å²) in [4.78, 5) is 2.30. The van der Waals surface area contributed by atoms with E-state index >= 15 is 0 Å². The summed E-state index contributed by atoms with van der Waals surface area (Å²) in [5, 5.41) is 13.2. The number of nitrogens with one attached hydrogen (secondary N) is 1. The van der Waals surface area contributed by atoms with Crippen LogP contribution < -0.4 is 10.2 Å². The molecule has 2 rings (SSSR count). The lowest BCUT2D eigenvalue weighted by Gasteiger charge is -2.30. The SMILES string of the molecule is Cc1cc(C)cc(N2CC(O)CNCC2C)c1. The lowest BCUT2D eigenvalue weighted by molar-refractivity contribution is 0.184. The number of hydrogen-bond acceptors (Lipinski definition) is 3. The summed E-state index contributed by atoms with van der Waals surface area (Å²) in [6.45, 7) is 8.75. The van der Waals surface area contributed by atoms with Crippen LogP contribution in [0.2, 0.25) is 0 Å². The molecule has 0 spiro atoms. The molecule has 0 saturated carbocycles. The molecule has 0 aromatic heterocycles. The van der Waals surface area contributed by atoms with E-state index in [0.717, 1.165) is 6.54 Å². The largest absolute Gasteiger partial charge is 0.390 e. The third kappa shape index (κ3) is 2.99. The van der Waals surface area contributed by atoms with E-state index in [1.165, 1.54) is 16.8 Å². The van der Waals surface area contributed by atoms with Gasteiger partial charge in [0, 0.05) is 31.4 Å². The van der Waals surface area contributed by atoms with Crippen LogP contribution in [0.3, 0.4) is 0 Å². The van der Waals surface area contributed by atoms with Crippen LogP contribution in [-0.2, 0) is 0 Å². The van der Waals surface area contributed by atoms with E-state index in [1.54, 1.807) is 0 Å². The van der Waals surface area contributed by atoms with Crippen molar-refractivity contribution in [3.63, 3.8) is 0 Å². The van der Waals surface area contributed by atoms with E-state index in [0.29, 0.717) is 19.1 Å². The number of β-amino-alcohol motifs (C(OH)–C–C–N with tert-alkyl or cyclic N) is 1. The number of rotatable bonds is 1. The quantitative estimate of drug-likeness (QED) is 0.772. The molecule has 1 saturated heterocycles. The molecule has 0 aliphatic carbocycles. The van der Waals surface area contributed by atoms with E-state index in [1.807, 2.05) is 0 Å². The molecule has 0 bridgehead atoms. The molecule has 2 atom stereocenters. The third-order valence-electron chi connectivity index (χ3n) is 3.30. The van der Waals surface area contributed by atoms with Crippen molar-refractivity contribution in [3.05, 3.63) is 29.3 Å². The zero-order chi connectivity index (χ0) is 12.4. The van der Waals surface area contributed by atoms with Crippen molar-refractivity contribution < 1.29 is 5.11 Å². The standard InChI is InChI=1S/C14H22N2O/c1-10-4-11(2)6-13(5-10)16-9-14(17)8-15-7-12(16)3/h4-6,12,14-15,17H,7-9H2,1-3H3. The molecule has 2 N–H and O–H groups in total. The summed E-state index contributed by atoms with van der Waals surface area (Å²) in [5.41, 5.74) is 3.77.